The fourth-order valence-electron chi connectivity index (χ4n) is 6.81. The minimum absolute atomic E-state index is 0.0868. The first-order valence-corrected chi connectivity index (χ1v) is 23.5. The molecule has 0 bridgehead atoms. The monoisotopic (exact) mass is 948 g/mol. The van der Waals surface area contributed by atoms with Crippen molar-refractivity contribution in [2.24, 2.45) is 5.92 Å². The molecule has 0 saturated carbocycles. The number of nitrogens with one attached hydrogen (secondary N) is 3. The van der Waals surface area contributed by atoms with Crippen molar-refractivity contribution >= 4 is 48.0 Å². The van der Waals surface area contributed by atoms with Crippen LogP contribution < -0.4 is 20.7 Å². The second kappa shape index (κ2) is 30.5. The van der Waals surface area contributed by atoms with E-state index in [1.807, 2.05) is 27.7 Å². The smallest absolute Gasteiger partial charge is 0.363 e. The minimum Gasteiger partial charge on any atom is -0.481 e. The molecule has 4 amide bonds. The number of benzene rings is 2. The van der Waals surface area contributed by atoms with Gasteiger partial charge in [0, 0.05) is 5.56 Å². The Morgan fingerprint density at radius 1 is 0.721 bits per heavy atom. The van der Waals surface area contributed by atoms with Gasteiger partial charge in [0.15, 0.2) is 12.4 Å². The molecular weight excluding hydrogens is 881 g/mol. The van der Waals surface area contributed by atoms with Crippen molar-refractivity contribution < 1.29 is 66.6 Å². The van der Waals surface area contributed by atoms with E-state index in [9.17, 15) is 38.4 Å². The Morgan fingerprint density at radius 3 is 2.03 bits per heavy atom. The van der Waals surface area contributed by atoms with Gasteiger partial charge in [-0.15, -0.1) is 0 Å². The molecule has 0 radical (unpaired) electrons. The van der Waals surface area contributed by atoms with E-state index in [0.29, 0.717) is 49.6 Å². The van der Waals surface area contributed by atoms with Gasteiger partial charge >= 0.3 is 23.9 Å². The van der Waals surface area contributed by atoms with Gasteiger partial charge in [0.2, 0.25) is 12.3 Å². The average Bonchev–Trinajstić information content (AvgIpc) is 3.83. The standard InChI is InChI=1S/C50H68N4O14/c1-7-12-16-21-37(40(11-5)54(33-55)68-49(61)36-20-18-17-19-34(36)6)46(58)51-32-52-48(60)42-25-24-41(67-42)35-22-23-38(43(29-35)66-31-45(57)64-27-14-9-3)47(59)53-39(50(62)65-28-15-10-4)30-44(56)63-26-13-8-2/h17-20,22-25,29,33,37,39-40H,7-16,21,26-28,30-32H2,1-6H3,(H,51,58)(H,52,60)(H,53,59)/t37-,39+,40-/m1/s1. The third-order valence-corrected chi connectivity index (χ3v) is 10.7. The van der Waals surface area contributed by atoms with Crippen LogP contribution in [0.1, 0.15) is 149 Å². The highest BCUT2D eigenvalue weighted by molar-refractivity contribution is 6.00. The molecule has 0 fully saturated rings. The fraction of sp³-hybridized carbons (Fsp3) is 0.520. The van der Waals surface area contributed by atoms with E-state index < -0.39 is 72.6 Å². The first kappa shape index (κ1) is 55.6. The van der Waals surface area contributed by atoms with Gasteiger partial charge < -0.3 is 44.2 Å². The third-order valence-electron chi connectivity index (χ3n) is 10.7. The predicted molar refractivity (Wildman–Crippen MR) is 250 cm³/mol. The third kappa shape index (κ3) is 18.2. The maximum absolute atomic E-state index is 13.8. The summed E-state index contributed by atoms with van der Waals surface area (Å²) in [5.74, 6) is -5.75. The maximum atomic E-state index is 13.8. The lowest BCUT2D eigenvalue weighted by Gasteiger charge is -2.32. The normalized spacial score (nSPS) is 12.1. The summed E-state index contributed by atoms with van der Waals surface area (Å²) in [5.41, 5.74) is 1.18. The van der Waals surface area contributed by atoms with E-state index in [0.717, 1.165) is 37.2 Å². The van der Waals surface area contributed by atoms with Crippen LogP contribution in [-0.2, 0) is 43.0 Å². The number of hydroxylamine groups is 2. The number of hydrogen-bond donors (Lipinski definition) is 3. The zero-order valence-electron chi connectivity index (χ0n) is 40.2. The summed E-state index contributed by atoms with van der Waals surface area (Å²) in [6, 6.07) is 11.8. The number of hydrogen-bond acceptors (Lipinski definition) is 14. The Hall–Kier alpha value is -6.72. The minimum atomic E-state index is -1.39. The first-order valence-electron chi connectivity index (χ1n) is 23.5. The van der Waals surface area contributed by atoms with Gasteiger partial charge in [-0.05, 0) is 74.9 Å². The summed E-state index contributed by atoms with van der Waals surface area (Å²) in [6.07, 6.45) is 7.10. The number of furan rings is 1. The average molecular weight is 949 g/mol. The molecule has 0 aliphatic heterocycles. The Balaban J connectivity index is 1.80. The molecule has 2 aromatic carbocycles. The maximum Gasteiger partial charge on any atom is 0.363 e. The number of carbonyl (C=O) groups is 8. The Morgan fingerprint density at radius 2 is 1.38 bits per heavy atom. The Kier molecular flexibility index (Phi) is 25.0. The Bertz CT molecular complexity index is 2120. The summed E-state index contributed by atoms with van der Waals surface area (Å²) >= 11 is 0. The highest BCUT2D eigenvalue weighted by atomic mass is 16.7. The molecule has 3 N–H and O–H groups in total. The molecule has 1 heterocycles. The molecule has 3 atom stereocenters. The Labute approximate surface area is 398 Å². The van der Waals surface area contributed by atoms with Crippen LogP contribution in [0.15, 0.2) is 59.0 Å². The number of rotatable bonds is 32. The van der Waals surface area contributed by atoms with Crippen molar-refractivity contribution in [2.45, 2.75) is 131 Å². The van der Waals surface area contributed by atoms with Crippen LogP contribution >= 0.6 is 0 Å². The molecule has 3 rings (SSSR count). The molecule has 0 aliphatic rings. The second-order valence-corrected chi connectivity index (χ2v) is 16.0. The quantitative estimate of drug-likeness (QED) is 0.0141. The molecule has 68 heavy (non-hydrogen) atoms. The molecular formula is C50H68N4O14. The lowest BCUT2D eigenvalue weighted by atomic mass is 9.90. The summed E-state index contributed by atoms with van der Waals surface area (Å²) in [6.45, 7) is 10.9. The molecule has 0 saturated heterocycles. The van der Waals surface area contributed by atoms with Gasteiger partial charge in [-0.25, -0.2) is 14.4 Å². The molecule has 372 valence electrons. The largest absolute Gasteiger partial charge is 0.481 e. The number of nitrogens with zero attached hydrogens (tertiary/aromatic N) is 1. The van der Waals surface area contributed by atoms with E-state index in [-0.39, 0.29) is 61.3 Å². The van der Waals surface area contributed by atoms with E-state index in [2.05, 4.69) is 16.0 Å². The van der Waals surface area contributed by atoms with E-state index in [1.165, 1.54) is 30.3 Å². The highest BCUT2D eigenvalue weighted by Gasteiger charge is 2.34. The zero-order valence-corrected chi connectivity index (χ0v) is 40.2. The van der Waals surface area contributed by atoms with Crippen LogP contribution in [0.4, 0.5) is 0 Å². The number of carbonyl (C=O) groups excluding carboxylic acids is 8. The van der Waals surface area contributed by atoms with Crippen LogP contribution in [0, 0.1) is 12.8 Å². The molecule has 1 aromatic heterocycles. The molecule has 0 aliphatic carbocycles. The van der Waals surface area contributed by atoms with Gasteiger partial charge in [-0.2, -0.15) is 5.06 Å². The SMILES string of the molecule is CCCCC[C@@H](C(=O)NCNC(=O)c1ccc(-c2ccc(C(=O)N[C@@H](CC(=O)OCCCC)C(=O)OCCCC)c(OCC(=O)OCCCC)c2)o1)[C@@H](CC)N(C=O)OC(=O)c1ccccc1C. The van der Waals surface area contributed by atoms with Gasteiger partial charge in [-0.1, -0.05) is 97.4 Å². The van der Waals surface area contributed by atoms with Crippen molar-refractivity contribution in [3.8, 4) is 17.1 Å². The summed E-state index contributed by atoms with van der Waals surface area (Å²) in [5, 5.41) is 8.76. The van der Waals surface area contributed by atoms with Crippen molar-refractivity contribution in [1.82, 2.24) is 21.0 Å². The summed E-state index contributed by atoms with van der Waals surface area (Å²) < 4.78 is 27.5. The van der Waals surface area contributed by atoms with Crippen LogP contribution in [0.2, 0.25) is 0 Å². The van der Waals surface area contributed by atoms with Gasteiger partial charge in [-0.3, -0.25) is 24.0 Å². The lowest BCUT2D eigenvalue weighted by molar-refractivity contribution is -0.171. The second-order valence-electron chi connectivity index (χ2n) is 16.0. The topological polar surface area (TPSA) is 235 Å². The molecule has 3 aromatic rings. The highest BCUT2D eigenvalue weighted by Crippen LogP contribution is 2.30. The van der Waals surface area contributed by atoms with Crippen molar-refractivity contribution in [3.05, 3.63) is 77.0 Å². The molecule has 18 heteroatoms. The van der Waals surface area contributed by atoms with Crippen molar-refractivity contribution in [3.63, 3.8) is 0 Å². The molecule has 0 unspecified atom stereocenters. The van der Waals surface area contributed by atoms with E-state index in [4.69, 9.17) is 28.2 Å². The van der Waals surface area contributed by atoms with Gasteiger partial charge in [0.1, 0.15) is 17.6 Å². The first-order chi connectivity index (χ1) is 32.8. The summed E-state index contributed by atoms with van der Waals surface area (Å²) in [4.78, 5) is 110. The zero-order chi connectivity index (χ0) is 49.8. The van der Waals surface area contributed by atoms with Gasteiger partial charge in [0.05, 0.1) is 56.0 Å². The van der Waals surface area contributed by atoms with Gasteiger partial charge in [0.25, 0.3) is 11.8 Å². The number of unbranched alkanes of at least 4 members (excludes halogenated alkanes) is 5. The van der Waals surface area contributed by atoms with Crippen LogP contribution in [0.25, 0.3) is 11.3 Å². The number of ether oxygens (including phenoxy) is 4. The van der Waals surface area contributed by atoms with Crippen LogP contribution in [-0.4, -0.2) is 98.3 Å². The van der Waals surface area contributed by atoms with E-state index in [1.54, 1.807) is 38.1 Å². The fourth-order valence-corrected chi connectivity index (χ4v) is 6.81. The predicted octanol–water partition coefficient (Wildman–Crippen LogP) is 7.16. The lowest BCUT2D eigenvalue weighted by Crippen LogP contribution is -2.49. The number of amides is 4. The van der Waals surface area contributed by atoms with E-state index >= 15 is 0 Å². The van der Waals surface area contributed by atoms with Crippen molar-refractivity contribution in [2.75, 3.05) is 33.1 Å². The number of aryl methyl sites for hydroxylation is 1. The van der Waals surface area contributed by atoms with Crippen LogP contribution in [0.5, 0.6) is 5.75 Å². The number of esters is 3. The molecule has 18 nitrogen and oxygen atoms in total. The summed E-state index contributed by atoms with van der Waals surface area (Å²) in [7, 11) is 0. The van der Waals surface area contributed by atoms with Crippen molar-refractivity contribution in [1.29, 1.82) is 0 Å². The molecule has 0 spiro atoms. The van der Waals surface area contributed by atoms with Crippen LogP contribution in [0.3, 0.4) is 0 Å².